The first-order valence-electron chi connectivity index (χ1n) is 5.91. The van der Waals surface area contributed by atoms with Crippen LogP contribution in [-0.2, 0) is 6.42 Å². The van der Waals surface area contributed by atoms with Crippen molar-refractivity contribution in [2.75, 3.05) is 0 Å². The third kappa shape index (κ3) is 2.75. The highest BCUT2D eigenvalue weighted by Gasteiger charge is 2.20. The van der Waals surface area contributed by atoms with E-state index < -0.39 is 0 Å². The fourth-order valence-electron chi connectivity index (χ4n) is 2.32. The molecule has 4 heteroatoms. The van der Waals surface area contributed by atoms with E-state index in [4.69, 9.17) is 17.3 Å². The normalized spacial score (nSPS) is 17.1. The Morgan fingerprint density at radius 2 is 1.74 bits per heavy atom. The fraction of sp³-hybridized carbons (Fsp3) is 0.133. The second-order valence-electron chi connectivity index (χ2n) is 4.44. The Balaban J connectivity index is 0.00000133. The maximum absolute atomic E-state index is 6.03. The summed E-state index contributed by atoms with van der Waals surface area (Å²) >= 11 is 5.90. The molecule has 1 unspecified atom stereocenters. The van der Waals surface area contributed by atoms with Gasteiger partial charge in [0.2, 0.25) is 0 Å². The van der Waals surface area contributed by atoms with Crippen LogP contribution in [0.15, 0.2) is 53.5 Å². The van der Waals surface area contributed by atoms with E-state index >= 15 is 0 Å². The van der Waals surface area contributed by atoms with Gasteiger partial charge in [-0.25, -0.2) is 0 Å². The van der Waals surface area contributed by atoms with Crippen molar-refractivity contribution in [2.45, 2.75) is 12.5 Å². The Labute approximate surface area is 123 Å². The highest BCUT2D eigenvalue weighted by molar-refractivity contribution is 6.30. The summed E-state index contributed by atoms with van der Waals surface area (Å²) in [5, 5.41) is 0.743. The predicted octanol–water partition coefficient (Wildman–Crippen LogP) is 3.76. The molecule has 2 N–H and O–H groups in total. The van der Waals surface area contributed by atoms with Crippen LogP contribution >= 0.6 is 24.0 Å². The van der Waals surface area contributed by atoms with Crippen LogP contribution < -0.4 is 5.73 Å². The number of rotatable bonds is 1. The van der Waals surface area contributed by atoms with Gasteiger partial charge in [-0.3, -0.25) is 4.99 Å². The summed E-state index contributed by atoms with van der Waals surface area (Å²) in [5.41, 5.74) is 9.49. The lowest BCUT2D eigenvalue weighted by Crippen LogP contribution is -2.22. The lowest BCUT2D eigenvalue weighted by Gasteiger charge is -2.21. The van der Waals surface area contributed by atoms with Gasteiger partial charge in [0.25, 0.3) is 0 Å². The van der Waals surface area contributed by atoms with E-state index in [-0.39, 0.29) is 18.4 Å². The third-order valence-electron chi connectivity index (χ3n) is 3.26. The Bertz CT molecular complexity index is 606. The largest absolute Gasteiger partial charge is 0.383 e. The number of halogens is 2. The van der Waals surface area contributed by atoms with Crippen LogP contribution in [0.25, 0.3) is 0 Å². The molecule has 1 atom stereocenters. The second kappa shape index (κ2) is 5.64. The zero-order valence-corrected chi connectivity index (χ0v) is 11.8. The van der Waals surface area contributed by atoms with Crippen LogP contribution in [0.5, 0.6) is 0 Å². The molecule has 2 nitrogen and oxygen atoms in total. The highest BCUT2D eigenvalue weighted by Crippen LogP contribution is 2.29. The number of aliphatic imine (C=N–C) groups is 1. The Kier molecular flexibility index (Phi) is 4.13. The van der Waals surface area contributed by atoms with Crippen molar-refractivity contribution in [1.29, 1.82) is 0 Å². The molecule has 0 spiro atoms. The molecule has 0 radical (unpaired) electrons. The van der Waals surface area contributed by atoms with Crippen molar-refractivity contribution in [3.63, 3.8) is 0 Å². The van der Waals surface area contributed by atoms with Crippen LogP contribution in [0.2, 0.25) is 5.02 Å². The Morgan fingerprint density at radius 1 is 1.05 bits per heavy atom. The molecule has 0 amide bonds. The Morgan fingerprint density at radius 3 is 2.47 bits per heavy atom. The van der Waals surface area contributed by atoms with E-state index in [1.54, 1.807) is 0 Å². The maximum atomic E-state index is 6.03. The maximum Gasteiger partial charge on any atom is 0.126 e. The average Bonchev–Trinajstić information content (AvgIpc) is 2.39. The number of nitrogens with zero attached hydrogens (tertiary/aromatic N) is 1. The van der Waals surface area contributed by atoms with E-state index in [1.807, 2.05) is 42.5 Å². The second-order valence-corrected chi connectivity index (χ2v) is 4.88. The van der Waals surface area contributed by atoms with Crippen molar-refractivity contribution < 1.29 is 0 Å². The molecule has 0 aliphatic carbocycles. The molecule has 98 valence electrons. The quantitative estimate of drug-likeness (QED) is 0.854. The van der Waals surface area contributed by atoms with Crippen LogP contribution in [-0.4, -0.2) is 5.84 Å². The van der Waals surface area contributed by atoms with Gasteiger partial charge in [0.1, 0.15) is 5.84 Å². The molecular weight excluding hydrogens is 279 g/mol. The highest BCUT2D eigenvalue weighted by atomic mass is 35.5. The zero-order valence-electron chi connectivity index (χ0n) is 10.2. The SMILES string of the molecule is Cl.NC1=NC(c2ccc(Cl)cc2)Cc2ccccc21. The van der Waals surface area contributed by atoms with Gasteiger partial charge in [-0.05, 0) is 29.7 Å². The summed E-state index contributed by atoms with van der Waals surface area (Å²) in [5.74, 6) is 0.622. The summed E-state index contributed by atoms with van der Waals surface area (Å²) < 4.78 is 0. The minimum Gasteiger partial charge on any atom is -0.383 e. The molecule has 3 rings (SSSR count). The van der Waals surface area contributed by atoms with Crippen molar-refractivity contribution in [3.8, 4) is 0 Å². The number of fused-ring (bicyclic) bond motifs is 1. The monoisotopic (exact) mass is 292 g/mol. The first kappa shape index (κ1) is 13.9. The fourth-order valence-corrected chi connectivity index (χ4v) is 2.44. The molecule has 19 heavy (non-hydrogen) atoms. The molecule has 0 aromatic heterocycles. The van der Waals surface area contributed by atoms with Crippen molar-refractivity contribution in [2.24, 2.45) is 10.7 Å². The molecule has 0 bridgehead atoms. The van der Waals surface area contributed by atoms with Crippen molar-refractivity contribution in [3.05, 3.63) is 70.2 Å². The average molecular weight is 293 g/mol. The van der Waals surface area contributed by atoms with Gasteiger partial charge in [0.05, 0.1) is 6.04 Å². The van der Waals surface area contributed by atoms with Gasteiger partial charge in [-0.1, -0.05) is 48.0 Å². The molecule has 2 aromatic carbocycles. The van der Waals surface area contributed by atoms with Gasteiger partial charge in [-0.2, -0.15) is 0 Å². The van der Waals surface area contributed by atoms with Gasteiger partial charge in [0, 0.05) is 10.6 Å². The van der Waals surface area contributed by atoms with Gasteiger partial charge in [0.15, 0.2) is 0 Å². The molecule has 1 aliphatic heterocycles. The molecule has 1 aliphatic rings. The van der Waals surface area contributed by atoms with Crippen molar-refractivity contribution >= 4 is 29.8 Å². The number of benzene rings is 2. The summed E-state index contributed by atoms with van der Waals surface area (Å²) in [6.45, 7) is 0. The molecule has 0 saturated heterocycles. The Hall–Kier alpha value is -1.51. The summed E-state index contributed by atoms with van der Waals surface area (Å²) in [4.78, 5) is 4.57. The number of hydrogen-bond donors (Lipinski definition) is 1. The predicted molar refractivity (Wildman–Crippen MR) is 82.3 cm³/mol. The van der Waals surface area contributed by atoms with E-state index in [1.165, 1.54) is 5.56 Å². The molecule has 0 fully saturated rings. The minimum absolute atomic E-state index is 0. The van der Waals surface area contributed by atoms with Gasteiger partial charge >= 0.3 is 0 Å². The molecule has 1 heterocycles. The first-order chi connectivity index (χ1) is 8.74. The third-order valence-corrected chi connectivity index (χ3v) is 3.51. The van der Waals surface area contributed by atoms with Gasteiger partial charge in [-0.15, -0.1) is 12.4 Å². The van der Waals surface area contributed by atoms with E-state index in [0.29, 0.717) is 5.84 Å². The van der Waals surface area contributed by atoms with E-state index in [0.717, 1.165) is 22.6 Å². The zero-order chi connectivity index (χ0) is 12.5. The summed E-state index contributed by atoms with van der Waals surface area (Å²) in [7, 11) is 0. The molecular formula is C15H14Cl2N2. The summed E-state index contributed by atoms with van der Waals surface area (Å²) in [6.07, 6.45) is 0.887. The van der Waals surface area contributed by atoms with E-state index in [2.05, 4.69) is 11.1 Å². The smallest absolute Gasteiger partial charge is 0.126 e. The number of nitrogens with two attached hydrogens (primary N) is 1. The lowest BCUT2D eigenvalue weighted by atomic mass is 9.93. The van der Waals surface area contributed by atoms with Gasteiger partial charge < -0.3 is 5.73 Å². The lowest BCUT2D eigenvalue weighted by molar-refractivity contribution is 0.710. The van der Waals surface area contributed by atoms with E-state index in [9.17, 15) is 0 Å². The minimum atomic E-state index is 0. The topological polar surface area (TPSA) is 38.4 Å². The standard InChI is InChI=1S/C15H13ClN2.ClH/c16-12-7-5-10(6-8-12)14-9-11-3-1-2-4-13(11)15(17)18-14;/h1-8,14H,9H2,(H2,17,18);1H. The number of amidine groups is 1. The van der Waals surface area contributed by atoms with Crippen LogP contribution in [0.1, 0.15) is 22.7 Å². The van der Waals surface area contributed by atoms with Crippen LogP contribution in [0.3, 0.4) is 0 Å². The summed E-state index contributed by atoms with van der Waals surface area (Å²) in [6, 6.07) is 16.1. The van der Waals surface area contributed by atoms with Crippen LogP contribution in [0.4, 0.5) is 0 Å². The van der Waals surface area contributed by atoms with Crippen LogP contribution in [0, 0.1) is 0 Å². The first-order valence-corrected chi connectivity index (χ1v) is 6.29. The van der Waals surface area contributed by atoms with Crippen molar-refractivity contribution in [1.82, 2.24) is 0 Å². The number of hydrogen-bond acceptors (Lipinski definition) is 2. The molecule has 0 saturated carbocycles. The molecule has 2 aromatic rings.